The normalized spacial score (nSPS) is 22.1. The van der Waals surface area contributed by atoms with E-state index in [2.05, 4.69) is 26.6 Å². The molecule has 1 aromatic carbocycles. The van der Waals surface area contributed by atoms with Gasteiger partial charge < -0.3 is 0 Å². The van der Waals surface area contributed by atoms with Crippen LogP contribution < -0.4 is 5.19 Å². The highest BCUT2D eigenvalue weighted by molar-refractivity contribution is 6.93. The highest BCUT2D eigenvalue weighted by Gasteiger charge is 2.25. The molecule has 0 radical (unpaired) electrons. The van der Waals surface area contributed by atoms with Crippen LogP contribution in [-0.2, 0) is 9.78 Å². The summed E-state index contributed by atoms with van der Waals surface area (Å²) in [7, 11) is -1.58. The van der Waals surface area contributed by atoms with E-state index >= 15 is 0 Å². The van der Waals surface area contributed by atoms with E-state index in [0.29, 0.717) is 11.5 Å². The monoisotopic (exact) mass is 318 g/mol. The Morgan fingerprint density at radius 2 is 1.86 bits per heavy atom. The third-order valence-electron chi connectivity index (χ3n) is 4.66. The number of carbonyl (C=O) groups excluding carboxylic acids is 1. The molecule has 4 heteroatoms. The van der Waals surface area contributed by atoms with Crippen molar-refractivity contribution in [2.24, 2.45) is 5.92 Å². The van der Waals surface area contributed by atoms with Gasteiger partial charge in [0.1, 0.15) is 14.2 Å². The molecule has 2 rings (SSSR count). The van der Waals surface area contributed by atoms with Gasteiger partial charge in [-0.15, -0.1) is 6.58 Å². The molecule has 1 aliphatic carbocycles. The maximum Gasteiger partial charge on any atom is 0.373 e. The van der Waals surface area contributed by atoms with Gasteiger partial charge in [-0.25, -0.2) is 4.79 Å². The van der Waals surface area contributed by atoms with Gasteiger partial charge in [0.25, 0.3) is 0 Å². The largest absolute Gasteiger partial charge is 0.373 e. The summed E-state index contributed by atoms with van der Waals surface area (Å²) in [5.74, 6) is 0.0331. The summed E-state index contributed by atoms with van der Waals surface area (Å²) in [5.41, 5.74) is 2.56. The number of hydrogen-bond acceptors (Lipinski definition) is 3. The number of carbonyl (C=O) groups is 1. The fraction of sp³-hybridized carbons (Fsp3) is 0.500. The Labute approximate surface area is 134 Å². The molecule has 0 spiro atoms. The second kappa shape index (κ2) is 7.25. The SMILES string of the molecule is C=C[Si](C)(C)c1ccc(C(=O)OOC2CCCCC2C)cc1. The first-order valence-electron chi connectivity index (χ1n) is 8.06. The van der Waals surface area contributed by atoms with Crippen LogP contribution in [0.15, 0.2) is 36.5 Å². The van der Waals surface area contributed by atoms with E-state index in [4.69, 9.17) is 9.78 Å². The lowest BCUT2D eigenvalue weighted by Crippen LogP contribution is -2.39. The molecule has 22 heavy (non-hydrogen) atoms. The highest BCUT2D eigenvalue weighted by atomic mass is 28.3. The summed E-state index contributed by atoms with van der Waals surface area (Å²) in [6, 6.07) is 7.61. The van der Waals surface area contributed by atoms with E-state index in [-0.39, 0.29) is 6.10 Å². The van der Waals surface area contributed by atoms with Crippen LogP contribution in [0.4, 0.5) is 0 Å². The Morgan fingerprint density at radius 1 is 1.23 bits per heavy atom. The Bertz CT molecular complexity index is 522. The second-order valence-corrected chi connectivity index (χ2v) is 11.2. The second-order valence-electron chi connectivity index (χ2n) is 6.77. The quantitative estimate of drug-likeness (QED) is 0.468. The van der Waals surface area contributed by atoms with Crippen molar-refractivity contribution in [1.29, 1.82) is 0 Å². The van der Waals surface area contributed by atoms with Crippen molar-refractivity contribution in [1.82, 2.24) is 0 Å². The number of hydrogen-bond donors (Lipinski definition) is 0. The molecule has 1 fully saturated rings. The van der Waals surface area contributed by atoms with Crippen molar-refractivity contribution in [2.75, 3.05) is 0 Å². The van der Waals surface area contributed by atoms with Crippen LogP contribution in [0.3, 0.4) is 0 Å². The smallest absolute Gasteiger partial charge is 0.293 e. The van der Waals surface area contributed by atoms with Gasteiger partial charge in [-0.1, -0.05) is 55.9 Å². The zero-order valence-corrected chi connectivity index (χ0v) is 14.8. The minimum atomic E-state index is -1.58. The minimum absolute atomic E-state index is 0.0316. The van der Waals surface area contributed by atoms with Crippen molar-refractivity contribution in [3.05, 3.63) is 42.1 Å². The Morgan fingerprint density at radius 3 is 2.45 bits per heavy atom. The lowest BCUT2D eigenvalue weighted by molar-refractivity contribution is -0.289. The lowest BCUT2D eigenvalue weighted by atomic mass is 9.88. The summed E-state index contributed by atoms with van der Waals surface area (Å²) in [4.78, 5) is 22.5. The molecule has 0 aliphatic heterocycles. The third kappa shape index (κ3) is 4.08. The topological polar surface area (TPSA) is 35.5 Å². The van der Waals surface area contributed by atoms with Crippen molar-refractivity contribution in [3.63, 3.8) is 0 Å². The summed E-state index contributed by atoms with van der Waals surface area (Å²) in [6.45, 7) is 10.5. The molecule has 2 unspecified atom stereocenters. The molecule has 1 aromatic rings. The van der Waals surface area contributed by atoms with Gasteiger partial charge >= 0.3 is 5.97 Å². The van der Waals surface area contributed by atoms with Gasteiger partial charge in [0.15, 0.2) is 0 Å². The highest BCUT2D eigenvalue weighted by Crippen LogP contribution is 2.26. The first kappa shape index (κ1) is 17.0. The van der Waals surface area contributed by atoms with Crippen molar-refractivity contribution in [3.8, 4) is 0 Å². The van der Waals surface area contributed by atoms with Crippen LogP contribution in [0.5, 0.6) is 0 Å². The Kier molecular flexibility index (Phi) is 5.59. The van der Waals surface area contributed by atoms with Crippen molar-refractivity contribution in [2.45, 2.75) is 51.8 Å². The average molecular weight is 318 g/mol. The Hall–Kier alpha value is -1.39. The van der Waals surface area contributed by atoms with Crippen molar-refractivity contribution >= 4 is 19.2 Å². The van der Waals surface area contributed by atoms with Crippen molar-refractivity contribution < 1.29 is 14.6 Å². The van der Waals surface area contributed by atoms with E-state index in [1.54, 1.807) is 0 Å². The van der Waals surface area contributed by atoms with Crippen LogP contribution in [0, 0.1) is 5.92 Å². The molecule has 3 nitrogen and oxygen atoms in total. The molecule has 0 bridgehead atoms. The van der Waals surface area contributed by atoms with Crippen LogP contribution in [-0.4, -0.2) is 20.1 Å². The minimum Gasteiger partial charge on any atom is -0.293 e. The standard InChI is InChI=1S/C18H26O3Si/c1-5-22(3,4)16-12-10-15(11-13-16)18(19)21-20-17-9-7-6-8-14(17)2/h5,10-14,17H,1,6-9H2,2-4H3. The zero-order chi connectivity index (χ0) is 16.2. The van der Waals surface area contributed by atoms with E-state index in [1.807, 2.05) is 30.0 Å². The van der Waals surface area contributed by atoms with Crippen LogP contribution in [0.25, 0.3) is 0 Å². The maximum absolute atomic E-state index is 12.1. The van der Waals surface area contributed by atoms with Gasteiger partial charge in [0.2, 0.25) is 0 Å². The van der Waals surface area contributed by atoms with E-state index < -0.39 is 14.0 Å². The molecule has 0 aromatic heterocycles. The first-order chi connectivity index (χ1) is 10.4. The molecule has 1 aliphatic rings. The average Bonchev–Trinajstić information content (AvgIpc) is 2.54. The zero-order valence-electron chi connectivity index (χ0n) is 13.8. The van der Waals surface area contributed by atoms with E-state index in [0.717, 1.165) is 19.3 Å². The molecular formula is C18H26O3Si. The molecule has 0 N–H and O–H groups in total. The third-order valence-corrected chi connectivity index (χ3v) is 7.50. The summed E-state index contributed by atoms with van der Waals surface area (Å²) in [5, 5.41) is 1.25. The summed E-state index contributed by atoms with van der Waals surface area (Å²) >= 11 is 0. The number of rotatable bonds is 5. The summed E-state index contributed by atoms with van der Waals surface area (Å²) in [6.07, 6.45) is 4.51. The van der Waals surface area contributed by atoms with Crippen LogP contribution >= 0.6 is 0 Å². The summed E-state index contributed by atoms with van der Waals surface area (Å²) < 4.78 is 0. The first-order valence-corrected chi connectivity index (χ1v) is 11.1. The molecule has 0 amide bonds. The van der Waals surface area contributed by atoms with Gasteiger partial charge in [0.05, 0.1) is 5.56 Å². The van der Waals surface area contributed by atoms with Gasteiger partial charge in [0, 0.05) is 0 Å². The predicted molar refractivity (Wildman–Crippen MR) is 91.7 cm³/mol. The Balaban J connectivity index is 1.94. The molecule has 0 saturated heterocycles. The van der Waals surface area contributed by atoms with Crippen LogP contribution in [0.2, 0.25) is 13.1 Å². The van der Waals surface area contributed by atoms with Gasteiger partial charge in [-0.3, -0.25) is 4.89 Å². The molecule has 2 atom stereocenters. The maximum atomic E-state index is 12.1. The molecule has 120 valence electrons. The molecular weight excluding hydrogens is 292 g/mol. The van der Waals surface area contributed by atoms with Crippen LogP contribution in [0.1, 0.15) is 43.0 Å². The number of benzene rings is 1. The fourth-order valence-corrected chi connectivity index (χ4v) is 3.99. The molecule has 1 saturated carbocycles. The molecule has 0 heterocycles. The van der Waals surface area contributed by atoms with Gasteiger partial charge in [-0.2, -0.15) is 4.89 Å². The predicted octanol–water partition coefficient (Wildman–Crippen LogP) is 3.99. The van der Waals surface area contributed by atoms with E-state index in [1.165, 1.54) is 11.6 Å². The lowest BCUT2D eigenvalue weighted by Gasteiger charge is -2.26. The fourth-order valence-electron chi connectivity index (χ4n) is 2.73. The van der Waals surface area contributed by atoms with Gasteiger partial charge in [-0.05, 0) is 30.9 Å². The van der Waals surface area contributed by atoms with E-state index in [9.17, 15) is 4.79 Å².